The molecule has 0 aliphatic heterocycles. The second kappa shape index (κ2) is 6.02. The minimum atomic E-state index is -0.238. The molecule has 0 spiro atoms. The van der Waals surface area contributed by atoms with Gasteiger partial charge in [0.05, 0.1) is 16.3 Å². The van der Waals surface area contributed by atoms with Crippen LogP contribution in [0.4, 0.5) is 5.13 Å². The summed E-state index contributed by atoms with van der Waals surface area (Å²) in [5, 5.41) is 9.13. The smallest absolute Gasteiger partial charge is 0.262 e. The molecule has 0 aliphatic carbocycles. The maximum Gasteiger partial charge on any atom is 0.262 e. The van der Waals surface area contributed by atoms with Gasteiger partial charge >= 0.3 is 0 Å². The van der Waals surface area contributed by atoms with Gasteiger partial charge in [0.1, 0.15) is 11.3 Å². The van der Waals surface area contributed by atoms with Crippen LogP contribution in [0.25, 0.3) is 10.6 Å². The summed E-state index contributed by atoms with van der Waals surface area (Å²) >= 11 is 3.14. The van der Waals surface area contributed by atoms with E-state index in [0.29, 0.717) is 22.1 Å². The van der Waals surface area contributed by atoms with Crippen molar-refractivity contribution in [3.05, 3.63) is 39.4 Å². The van der Waals surface area contributed by atoms with Crippen LogP contribution < -0.4 is 5.32 Å². The molecule has 1 amide bonds. The van der Waals surface area contributed by atoms with Gasteiger partial charge in [0, 0.05) is 10.3 Å². The van der Waals surface area contributed by atoms with Crippen molar-refractivity contribution in [2.75, 3.05) is 5.32 Å². The Hall–Kier alpha value is -1.99. The first-order chi connectivity index (χ1) is 10.6. The fraction of sp³-hybridized carbons (Fsp3) is 0.267. The molecular weight excluding hydrogens is 318 g/mol. The number of thiophene rings is 1. The predicted molar refractivity (Wildman–Crippen MR) is 88.7 cm³/mol. The normalized spacial score (nSPS) is 10.9. The molecule has 0 aliphatic rings. The van der Waals surface area contributed by atoms with Gasteiger partial charge in [0.2, 0.25) is 0 Å². The molecule has 0 fully saturated rings. The Morgan fingerprint density at radius 3 is 2.82 bits per heavy atom. The lowest BCUT2D eigenvalue weighted by atomic mass is 10.2. The number of carbonyl (C=O) groups excluding carboxylic acids is 1. The van der Waals surface area contributed by atoms with E-state index in [0.717, 1.165) is 17.0 Å². The summed E-state index contributed by atoms with van der Waals surface area (Å²) in [5.74, 6) is 0.273. The summed E-state index contributed by atoms with van der Waals surface area (Å²) in [6.07, 6.45) is 1.02. The van der Waals surface area contributed by atoms with Crippen LogP contribution in [0.1, 0.15) is 33.6 Å². The van der Waals surface area contributed by atoms with E-state index in [1.165, 1.54) is 16.2 Å². The van der Waals surface area contributed by atoms with Gasteiger partial charge in [-0.15, -0.1) is 22.7 Å². The Morgan fingerprint density at radius 1 is 1.36 bits per heavy atom. The van der Waals surface area contributed by atoms with Gasteiger partial charge in [-0.1, -0.05) is 12.1 Å². The van der Waals surface area contributed by atoms with Crippen LogP contribution >= 0.6 is 22.7 Å². The van der Waals surface area contributed by atoms with Crippen molar-refractivity contribution in [3.8, 4) is 10.6 Å². The first-order valence-electron chi connectivity index (χ1n) is 6.87. The fourth-order valence-corrected chi connectivity index (χ4v) is 3.81. The second-order valence-electron chi connectivity index (χ2n) is 4.81. The van der Waals surface area contributed by atoms with Crippen molar-refractivity contribution >= 4 is 33.7 Å². The average Bonchev–Trinajstić information content (AvgIpc) is 3.19. The van der Waals surface area contributed by atoms with Crippen LogP contribution in [0.5, 0.6) is 0 Å². The summed E-state index contributed by atoms with van der Waals surface area (Å²) < 4.78 is 5.02. The molecule has 3 aromatic heterocycles. The predicted octanol–water partition coefficient (Wildman–Crippen LogP) is 4.29. The Balaban J connectivity index is 1.78. The summed E-state index contributed by atoms with van der Waals surface area (Å²) in [5.41, 5.74) is 1.95. The summed E-state index contributed by atoms with van der Waals surface area (Å²) in [6.45, 7) is 5.60. The van der Waals surface area contributed by atoms with E-state index in [-0.39, 0.29) is 5.91 Å². The molecule has 0 unspecified atom stereocenters. The lowest BCUT2D eigenvalue weighted by molar-refractivity contribution is 0.102. The third-order valence-electron chi connectivity index (χ3n) is 3.25. The van der Waals surface area contributed by atoms with Crippen molar-refractivity contribution < 1.29 is 9.32 Å². The van der Waals surface area contributed by atoms with Crippen molar-refractivity contribution in [2.24, 2.45) is 0 Å². The molecule has 0 aromatic carbocycles. The van der Waals surface area contributed by atoms with Crippen molar-refractivity contribution in [2.45, 2.75) is 27.2 Å². The van der Waals surface area contributed by atoms with E-state index in [1.807, 2.05) is 5.38 Å². The number of anilines is 1. The number of aryl methyl sites for hydroxylation is 3. The monoisotopic (exact) mass is 333 g/mol. The molecule has 22 heavy (non-hydrogen) atoms. The van der Waals surface area contributed by atoms with Crippen molar-refractivity contribution in [3.63, 3.8) is 0 Å². The molecule has 3 heterocycles. The largest absolute Gasteiger partial charge is 0.361 e. The number of rotatable bonds is 4. The molecule has 0 saturated carbocycles. The van der Waals surface area contributed by atoms with E-state index < -0.39 is 0 Å². The Bertz CT molecular complexity index is 797. The van der Waals surface area contributed by atoms with Gasteiger partial charge in [-0.2, -0.15) is 0 Å². The number of thiazole rings is 1. The van der Waals surface area contributed by atoms with Gasteiger partial charge in [-0.05, 0) is 32.4 Å². The topological polar surface area (TPSA) is 68.0 Å². The number of hydrogen-bond donors (Lipinski definition) is 1. The quantitative estimate of drug-likeness (QED) is 0.773. The molecule has 5 nitrogen and oxygen atoms in total. The van der Waals surface area contributed by atoms with Gasteiger partial charge in [-0.25, -0.2) is 4.98 Å². The zero-order valence-electron chi connectivity index (χ0n) is 12.5. The number of amides is 1. The van der Waals surface area contributed by atoms with Crippen LogP contribution in [-0.4, -0.2) is 16.0 Å². The minimum absolute atomic E-state index is 0.238. The molecule has 3 aromatic rings. The Labute approximate surface area is 136 Å². The molecule has 7 heteroatoms. The molecule has 0 saturated heterocycles. The SMILES string of the molecule is CCc1ccc(-c2csc(NC(=O)c3c(C)noc3C)n2)s1. The molecule has 0 atom stereocenters. The van der Waals surface area contributed by atoms with Gasteiger partial charge < -0.3 is 4.52 Å². The minimum Gasteiger partial charge on any atom is -0.361 e. The van der Waals surface area contributed by atoms with E-state index in [4.69, 9.17) is 4.52 Å². The van der Waals surface area contributed by atoms with Crippen LogP contribution in [-0.2, 0) is 6.42 Å². The first-order valence-corrected chi connectivity index (χ1v) is 8.57. The molecule has 0 radical (unpaired) electrons. The first kappa shape index (κ1) is 14.9. The van der Waals surface area contributed by atoms with E-state index in [2.05, 4.69) is 34.5 Å². The highest BCUT2D eigenvalue weighted by Gasteiger charge is 2.19. The highest BCUT2D eigenvalue weighted by Crippen LogP contribution is 2.31. The highest BCUT2D eigenvalue weighted by atomic mass is 32.1. The van der Waals surface area contributed by atoms with E-state index >= 15 is 0 Å². The van der Waals surface area contributed by atoms with Crippen molar-refractivity contribution in [1.82, 2.24) is 10.1 Å². The van der Waals surface area contributed by atoms with Crippen LogP contribution in [0.15, 0.2) is 22.0 Å². The van der Waals surface area contributed by atoms with Gasteiger partial charge in [0.15, 0.2) is 5.13 Å². The van der Waals surface area contributed by atoms with E-state index in [1.54, 1.807) is 25.2 Å². The number of aromatic nitrogens is 2. The zero-order valence-corrected chi connectivity index (χ0v) is 14.1. The summed E-state index contributed by atoms with van der Waals surface area (Å²) in [7, 11) is 0. The maximum atomic E-state index is 12.3. The van der Waals surface area contributed by atoms with Gasteiger partial charge in [-0.3, -0.25) is 10.1 Å². The zero-order chi connectivity index (χ0) is 15.7. The van der Waals surface area contributed by atoms with E-state index in [9.17, 15) is 4.79 Å². The number of carbonyl (C=O) groups is 1. The van der Waals surface area contributed by atoms with Crippen LogP contribution in [0.3, 0.4) is 0 Å². The van der Waals surface area contributed by atoms with Crippen LogP contribution in [0, 0.1) is 13.8 Å². The van der Waals surface area contributed by atoms with Crippen LogP contribution in [0.2, 0.25) is 0 Å². The number of nitrogens with one attached hydrogen (secondary N) is 1. The number of nitrogens with zero attached hydrogens (tertiary/aromatic N) is 2. The lowest BCUT2D eigenvalue weighted by Crippen LogP contribution is -2.13. The Morgan fingerprint density at radius 2 is 2.18 bits per heavy atom. The summed E-state index contributed by atoms with van der Waals surface area (Å²) in [4.78, 5) is 19.2. The fourth-order valence-electron chi connectivity index (χ4n) is 2.12. The summed E-state index contributed by atoms with van der Waals surface area (Å²) in [6, 6.07) is 4.18. The maximum absolute atomic E-state index is 12.3. The molecule has 3 rings (SSSR count). The average molecular weight is 333 g/mol. The Kier molecular flexibility index (Phi) is 4.08. The molecular formula is C15H15N3O2S2. The van der Waals surface area contributed by atoms with Gasteiger partial charge in [0.25, 0.3) is 5.91 Å². The highest BCUT2D eigenvalue weighted by molar-refractivity contribution is 7.17. The third kappa shape index (κ3) is 2.82. The lowest BCUT2D eigenvalue weighted by Gasteiger charge is -2.00. The molecule has 0 bridgehead atoms. The number of hydrogen-bond acceptors (Lipinski definition) is 6. The third-order valence-corrected chi connectivity index (χ3v) is 5.26. The standard InChI is InChI=1S/C15H15N3O2S2/c1-4-10-5-6-12(22-10)11-7-21-15(16-11)17-14(19)13-8(2)18-20-9(13)3/h5-7H,4H2,1-3H3,(H,16,17,19). The molecule has 1 N–H and O–H groups in total. The van der Waals surface area contributed by atoms with Crippen molar-refractivity contribution in [1.29, 1.82) is 0 Å². The second-order valence-corrected chi connectivity index (χ2v) is 6.84. The molecule has 114 valence electrons.